The summed E-state index contributed by atoms with van der Waals surface area (Å²) in [5.74, 6) is 0.856. The van der Waals surface area contributed by atoms with Gasteiger partial charge in [0.15, 0.2) is 0 Å². The predicted molar refractivity (Wildman–Crippen MR) is 53.9 cm³/mol. The van der Waals surface area contributed by atoms with E-state index in [2.05, 4.69) is 22.0 Å². The fraction of sp³-hybridized carbons (Fsp3) is 0.800. The van der Waals surface area contributed by atoms with Crippen LogP contribution >= 0.6 is 15.9 Å². The monoisotopic (exact) mass is 216 g/mol. The molecule has 0 atom stereocenters. The molecule has 1 fully saturated rings. The molecule has 1 aliphatic carbocycles. The van der Waals surface area contributed by atoms with Crippen molar-refractivity contribution in [1.82, 2.24) is 0 Å². The quantitative estimate of drug-likeness (QED) is 0.615. The van der Waals surface area contributed by atoms with Gasteiger partial charge < -0.3 is 0 Å². The largest absolute Gasteiger partial charge is 0.0745 e. The molecule has 1 aliphatic rings. The lowest BCUT2D eigenvalue weighted by molar-refractivity contribution is 0.435. The van der Waals surface area contributed by atoms with Gasteiger partial charge in [-0.2, -0.15) is 0 Å². The summed E-state index contributed by atoms with van der Waals surface area (Å²) in [4.78, 5) is 2.03. The van der Waals surface area contributed by atoms with Gasteiger partial charge in [-0.1, -0.05) is 54.1 Å². The van der Waals surface area contributed by atoms with Gasteiger partial charge in [0, 0.05) is 0 Å². The van der Waals surface area contributed by atoms with Crippen LogP contribution in [0.4, 0.5) is 0 Å². The summed E-state index contributed by atoms with van der Waals surface area (Å²) in [5.41, 5.74) is 0. The Morgan fingerprint density at radius 3 is 2.00 bits per heavy atom. The molecule has 0 bridgehead atoms. The minimum atomic E-state index is 0.856. The maximum atomic E-state index is 3.35. The molecule has 0 aromatic heterocycles. The van der Waals surface area contributed by atoms with E-state index < -0.39 is 0 Å². The molecule has 0 amide bonds. The van der Waals surface area contributed by atoms with Crippen LogP contribution in [0.3, 0.4) is 0 Å². The second-order valence-corrected chi connectivity index (χ2v) is 3.95. The van der Waals surface area contributed by atoms with E-state index >= 15 is 0 Å². The normalized spacial score (nSPS) is 23.4. The average Bonchev–Trinajstić information content (AvgIpc) is 1.94. The Kier molecular flexibility index (Phi) is 4.92. The van der Waals surface area contributed by atoms with Crippen molar-refractivity contribution < 1.29 is 0 Å². The maximum absolute atomic E-state index is 3.35. The molecule has 64 valence electrons. The molecule has 0 N–H and O–H groups in total. The fourth-order valence-corrected chi connectivity index (χ4v) is 2.21. The minimum absolute atomic E-state index is 0.856. The average molecular weight is 217 g/mol. The minimum Gasteiger partial charge on any atom is -0.0745 e. The van der Waals surface area contributed by atoms with Gasteiger partial charge in [0.1, 0.15) is 0 Å². The van der Waals surface area contributed by atoms with Gasteiger partial charge in [-0.15, -0.1) is 0 Å². The predicted octanol–water partition coefficient (Wildman–Crippen LogP) is 4.26. The van der Waals surface area contributed by atoms with Crippen LogP contribution in [-0.4, -0.2) is 0 Å². The van der Waals surface area contributed by atoms with Crippen molar-refractivity contribution in [2.24, 2.45) is 5.92 Å². The summed E-state index contributed by atoms with van der Waals surface area (Å²) in [6.07, 6.45) is 12.4. The first-order chi connectivity index (χ1) is 5.43. The SMILES string of the molecule is Br/C=C/C1CCCCCCC1. The van der Waals surface area contributed by atoms with E-state index in [1.807, 2.05) is 4.99 Å². The van der Waals surface area contributed by atoms with Crippen LogP contribution in [0.25, 0.3) is 0 Å². The van der Waals surface area contributed by atoms with Crippen LogP contribution in [0.5, 0.6) is 0 Å². The second kappa shape index (κ2) is 5.82. The van der Waals surface area contributed by atoms with Crippen molar-refractivity contribution in [3.05, 3.63) is 11.1 Å². The molecule has 0 aromatic carbocycles. The van der Waals surface area contributed by atoms with Crippen molar-refractivity contribution in [2.75, 3.05) is 0 Å². The van der Waals surface area contributed by atoms with Crippen LogP contribution in [0, 0.1) is 5.92 Å². The van der Waals surface area contributed by atoms with Crippen LogP contribution in [0.1, 0.15) is 44.9 Å². The van der Waals surface area contributed by atoms with Crippen molar-refractivity contribution in [2.45, 2.75) is 44.9 Å². The molecule has 1 heteroatoms. The summed E-state index contributed by atoms with van der Waals surface area (Å²) in [6.45, 7) is 0. The highest BCUT2D eigenvalue weighted by Gasteiger charge is 2.06. The molecule has 0 radical (unpaired) electrons. The number of hydrogen-bond donors (Lipinski definition) is 0. The molecule has 0 saturated heterocycles. The van der Waals surface area contributed by atoms with Crippen molar-refractivity contribution >= 4 is 15.9 Å². The Balaban J connectivity index is 2.26. The Bertz CT molecular complexity index is 110. The van der Waals surface area contributed by atoms with E-state index in [4.69, 9.17) is 0 Å². The van der Waals surface area contributed by atoms with Gasteiger partial charge in [0.05, 0.1) is 0 Å². The smallest absolute Gasteiger partial charge is 0.0225 e. The fourth-order valence-electron chi connectivity index (χ4n) is 1.78. The first kappa shape index (κ1) is 9.31. The highest BCUT2D eigenvalue weighted by Crippen LogP contribution is 2.23. The van der Waals surface area contributed by atoms with Gasteiger partial charge in [-0.05, 0) is 23.7 Å². The van der Waals surface area contributed by atoms with E-state index in [-0.39, 0.29) is 0 Å². The summed E-state index contributed by atoms with van der Waals surface area (Å²) in [6, 6.07) is 0. The lowest BCUT2D eigenvalue weighted by Crippen LogP contribution is -1.99. The maximum Gasteiger partial charge on any atom is -0.0225 e. The first-order valence-electron chi connectivity index (χ1n) is 4.70. The Morgan fingerprint density at radius 2 is 1.45 bits per heavy atom. The van der Waals surface area contributed by atoms with Gasteiger partial charge in [-0.25, -0.2) is 0 Å². The molecule has 0 unspecified atom stereocenters. The summed E-state index contributed by atoms with van der Waals surface area (Å²) >= 11 is 3.35. The van der Waals surface area contributed by atoms with Crippen LogP contribution < -0.4 is 0 Å². The van der Waals surface area contributed by atoms with Crippen molar-refractivity contribution in [3.8, 4) is 0 Å². The topological polar surface area (TPSA) is 0 Å². The molecule has 0 nitrogen and oxygen atoms in total. The van der Waals surface area contributed by atoms with E-state index in [0.717, 1.165) is 5.92 Å². The lowest BCUT2D eigenvalue weighted by Gasteiger charge is -2.15. The van der Waals surface area contributed by atoms with E-state index in [9.17, 15) is 0 Å². The highest BCUT2D eigenvalue weighted by atomic mass is 79.9. The van der Waals surface area contributed by atoms with Crippen LogP contribution in [0.2, 0.25) is 0 Å². The van der Waals surface area contributed by atoms with E-state index in [0.29, 0.717) is 0 Å². The van der Waals surface area contributed by atoms with E-state index in [1.165, 1.54) is 44.9 Å². The Hall–Kier alpha value is 0.220. The summed E-state index contributed by atoms with van der Waals surface area (Å²) < 4.78 is 0. The zero-order valence-corrected chi connectivity index (χ0v) is 8.65. The van der Waals surface area contributed by atoms with Gasteiger partial charge >= 0.3 is 0 Å². The standard InChI is InChI=1S/C10H17Br/c11-9-8-10-6-4-2-1-3-5-7-10/h8-10H,1-7H2/b9-8+. The third-order valence-electron chi connectivity index (χ3n) is 2.49. The number of halogens is 1. The van der Waals surface area contributed by atoms with Crippen LogP contribution in [-0.2, 0) is 0 Å². The first-order valence-corrected chi connectivity index (χ1v) is 5.62. The second-order valence-electron chi connectivity index (χ2n) is 3.42. The molecule has 0 heterocycles. The third-order valence-corrected chi connectivity index (χ3v) is 2.80. The molecular weight excluding hydrogens is 200 g/mol. The molecule has 0 aliphatic heterocycles. The summed E-state index contributed by atoms with van der Waals surface area (Å²) in [5, 5.41) is 0. The molecule has 0 spiro atoms. The summed E-state index contributed by atoms with van der Waals surface area (Å²) in [7, 11) is 0. The number of rotatable bonds is 1. The van der Waals surface area contributed by atoms with Crippen LogP contribution in [0.15, 0.2) is 11.1 Å². The van der Waals surface area contributed by atoms with Crippen molar-refractivity contribution in [1.29, 1.82) is 0 Å². The molecule has 0 aromatic rings. The Morgan fingerprint density at radius 1 is 0.909 bits per heavy atom. The van der Waals surface area contributed by atoms with E-state index in [1.54, 1.807) is 0 Å². The molecule has 11 heavy (non-hydrogen) atoms. The molecule has 1 rings (SSSR count). The molecule has 1 saturated carbocycles. The van der Waals surface area contributed by atoms with Gasteiger partial charge in [0.2, 0.25) is 0 Å². The zero-order valence-electron chi connectivity index (χ0n) is 7.06. The van der Waals surface area contributed by atoms with Crippen molar-refractivity contribution in [3.63, 3.8) is 0 Å². The highest BCUT2D eigenvalue weighted by molar-refractivity contribution is 9.11. The number of allylic oxidation sites excluding steroid dienone is 1. The zero-order chi connectivity index (χ0) is 7.94. The Labute approximate surface area is 78.2 Å². The lowest BCUT2D eigenvalue weighted by atomic mass is 9.91. The van der Waals surface area contributed by atoms with Gasteiger partial charge in [-0.3, -0.25) is 0 Å². The molecular formula is C10H17Br. The number of hydrogen-bond acceptors (Lipinski definition) is 0. The third kappa shape index (κ3) is 3.95. The van der Waals surface area contributed by atoms with Gasteiger partial charge in [0.25, 0.3) is 0 Å².